The molecule has 28 heavy (non-hydrogen) atoms. The van der Waals surface area contributed by atoms with Crippen molar-refractivity contribution >= 4 is 11.6 Å². The molecule has 0 unspecified atom stereocenters. The predicted octanol–water partition coefficient (Wildman–Crippen LogP) is 3.75. The number of hydrogen-bond acceptors (Lipinski definition) is 5. The average Bonchev–Trinajstić information content (AvgIpc) is 2.71. The first kappa shape index (κ1) is 19.5. The second-order valence-corrected chi connectivity index (χ2v) is 6.19. The van der Waals surface area contributed by atoms with Crippen LogP contribution in [-0.4, -0.2) is 34.3 Å². The van der Waals surface area contributed by atoms with Crippen molar-refractivity contribution < 1.29 is 28.1 Å². The second-order valence-electron chi connectivity index (χ2n) is 6.19. The van der Waals surface area contributed by atoms with E-state index in [2.05, 4.69) is 6.58 Å². The smallest absolute Gasteiger partial charge is 0.236 e. The van der Waals surface area contributed by atoms with Crippen LogP contribution in [0.4, 0.5) is 10.1 Å². The molecular weight excluding hydrogens is 365 g/mol. The largest absolute Gasteiger partial charge is 0.494 e. The molecule has 0 bridgehead atoms. The van der Waals surface area contributed by atoms with Crippen molar-refractivity contribution in [1.29, 1.82) is 0 Å². The highest BCUT2D eigenvalue weighted by molar-refractivity contribution is 6.04. The molecule has 0 spiro atoms. The standard InChI is InChI=1S/C21H22FNO5/c1-6-14-19(12-7-8-16(25-2)15(22)9-12)23(21(14)24)13-10-17(26-3)20(28-5)18(11-13)27-4/h6-11,14,19H,1H2,2-5H3/t14-,19-/m0/s1. The van der Waals surface area contributed by atoms with E-state index in [0.29, 0.717) is 28.5 Å². The van der Waals surface area contributed by atoms with Crippen LogP contribution in [0, 0.1) is 11.7 Å². The summed E-state index contributed by atoms with van der Waals surface area (Å²) in [5.74, 6) is 0.306. The van der Waals surface area contributed by atoms with Crippen molar-refractivity contribution in [1.82, 2.24) is 0 Å². The van der Waals surface area contributed by atoms with Gasteiger partial charge in [-0.25, -0.2) is 4.39 Å². The molecule has 0 aliphatic carbocycles. The Labute approximate surface area is 163 Å². The quantitative estimate of drug-likeness (QED) is 0.535. The van der Waals surface area contributed by atoms with Crippen LogP contribution in [0.3, 0.4) is 0 Å². The number of nitrogens with zero attached hydrogens (tertiary/aromatic N) is 1. The number of hydrogen-bond donors (Lipinski definition) is 0. The van der Waals surface area contributed by atoms with Gasteiger partial charge in [0.05, 0.1) is 46.1 Å². The molecule has 1 amide bonds. The van der Waals surface area contributed by atoms with Gasteiger partial charge in [0.1, 0.15) is 0 Å². The molecule has 3 rings (SSSR count). The number of halogens is 1. The topological polar surface area (TPSA) is 57.2 Å². The molecule has 1 aliphatic heterocycles. The van der Waals surface area contributed by atoms with Crippen LogP contribution in [-0.2, 0) is 4.79 Å². The Kier molecular flexibility index (Phi) is 5.44. The molecule has 0 N–H and O–H groups in total. The predicted molar refractivity (Wildman–Crippen MR) is 103 cm³/mol. The normalized spacial score (nSPS) is 18.3. The zero-order valence-corrected chi connectivity index (χ0v) is 16.2. The number of β-lactam (4-membered cyclic amide) rings is 1. The van der Waals surface area contributed by atoms with E-state index in [1.54, 1.807) is 35.2 Å². The lowest BCUT2D eigenvalue weighted by Gasteiger charge is -2.46. The fraction of sp³-hybridized carbons (Fsp3) is 0.286. The maximum Gasteiger partial charge on any atom is 0.236 e. The minimum absolute atomic E-state index is 0.142. The number of ether oxygens (including phenoxy) is 4. The molecular formula is C21H22FNO5. The lowest BCUT2D eigenvalue weighted by molar-refractivity contribution is -0.128. The van der Waals surface area contributed by atoms with Gasteiger partial charge in [-0.2, -0.15) is 0 Å². The molecule has 1 aliphatic rings. The molecule has 0 saturated carbocycles. The van der Waals surface area contributed by atoms with E-state index >= 15 is 0 Å². The van der Waals surface area contributed by atoms with Gasteiger partial charge in [0.2, 0.25) is 11.7 Å². The van der Waals surface area contributed by atoms with Crippen molar-refractivity contribution in [2.24, 2.45) is 5.92 Å². The molecule has 148 valence electrons. The number of amides is 1. The van der Waals surface area contributed by atoms with Crippen LogP contribution >= 0.6 is 0 Å². The van der Waals surface area contributed by atoms with E-state index in [4.69, 9.17) is 18.9 Å². The van der Waals surface area contributed by atoms with Gasteiger partial charge in [0.15, 0.2) is 23.1 Å². The number of benzene rings is 2. The molecule has 2 aromatic carbocycles. The Morgan fingerprint density at radius 1 is 0.964 bits per heavy atom. The molecule has 6 nitrogen and oxygen atoms in total. The summed E-state index contributed by atoms with van der Waals surface area (Å²) in [5, 5.41) is 0. The Balaban J connectivity index is 2.08. The summed E-state index contributed by atoms with van der Waals surface area (Å²) in [7, 11) is 5.91. The van der Waals surface area contributed by atoms with E-state index < -0.39 is 17.8 Å². The van der Waals surface area contributed by atoms with Crippen molar-refractivity contribution in [3.63, 3.8) is 0 Å². The zero-order valence-electron chi connectivity index (χ0n) is 16.2. The maximum absolute atomic E-state index is 14.3. The van der Waals surface area contributed by atoms with Gasteiger partial charge >= 0.3 is 0 Å². The van der Waals surface area contributed by atoms with Crippen molar-refractivity contribution in [3.05, 3.63) is 54.4 Å². The molecule has 2 aromatic rings. The summed E-state index contributed by atoms with van der Waals surface area (Å²) >= 11 is 0. The van der Waals surface area contributed by atoms with Gasteiger partial charge < -0.3 is 23.8 Å². The summed E-state index contributed by atoms with van der Waals surface area (Å²) in [6.45, 7) is 3.75. The fourth-order valence-electron chi connectivity index (χ4n) is 3.46. The van der Waals surface area contributed by atoms with Crippen molar-refractivity contribution in [2.45, 2.75) is 6.04 Å². The first-order valence-electron chi connectivity index (χ1n) is 8.59. The SMILES string of the molecule is C=C[C@@H]1C(=O)N(c2cc(OC)c(OC)c(OC)c2)[C@H]1c1ccc(OC)c(F)c1. The third-order valence-electron chi connectivity index (χ3n) is 4.84. The summed E-state index contributed by atoms with van der Waals surface area (Å²) in [6.07, 6.45) is 1.57. The van der Waals surface area contributed by atoms with Gasteiger partial charge in [-0.1, -0.05) is 12.1 Å². The lowest BCUT2D eigenvalue weighted by atomic mass is 9.81. The molecule has 7 heteroatoms. The molecule has 0 aromatic heterocycles. The third kappa shape index (κ3) is 3.02. The summed E-state index contributed by atoms with van der Waals surface area (Å²) in [5.41, 5.74) is 1.19. The Bertz CT molecular complexity index is 889. The van der Waals surface area contributed by atoms with Crippen LogP contribution in [0.5, 0.6) is 23.0 Å². The highest BCUT2D eigenvalue weighted by atomic mass is 19.1. The van der Waals surface area contributed by atoms with Gasteiger partial charge in [-0.15, -0.1) is 6.58 Å². The first-order chi connectivity index (χ1) is 13.5. The Hall–Kier alpha value is -3.22. The Morgan fingerprint density at radius 3 is 2.04 bits per heavy atom. The minimum atomic E-state index is -0.494. The van der Waals surface area contributed by atoms with Crippen molar-refractivity contribution in [2.75, 3.05) is 33.3 Å². The molecule has 1 fully saturated rings. The monoisotopic (exact) mass is 387 g/mol. The second kappa shape index (κ2) is 7.80. The first-order valence-corrected chi connectivity index (χ1v) is 8.59. The molecule has 2 atom stereocenters. The molecule has 1 heterocycles. The van der Waals surface area contributed by atoms with Crippen LogP contribution in [0.15, 0.2) is 43.0 Å². The number of carbonyl (C=O) groups excluding carboxylic acids is 1. The number of carbonyl (C=O) groups is 1. The summed E-state index contributed by atoms with van der Waals surface area (Å²) < 4.78 is 35.3. The summed E-state index contributed by atoms with van der Waals surface area (Å²) in [4.78, 5) is 14.3. The number of anilines is 1. The van der Waals surface area contributed by atoms with Crippen LogP contribution < -0.4 is 23.8 Å². The fourth-order valence-corrected chi connectivity index (χ4v) is 3.46. The lowest BCUT2D eigenvalue weighted by Crippen LogP contribution is -2.54. The zero-order chi connectivity index (χ0) is 20.4. The molecule has 0 radical (unpaired) electrons. The third-order valence-corrected chi connectivity index (χ3v) is 4.84. The minimum Gasteiger partial charge on any atom is -0.494 e. The van der Waals surface area contributed by atoms with Crippen molar-refractivity contribution in [3.8, 4) is 23.0 Å². The van der Waals surface area contributed by atoms with Crippen LogP contribution in [0.1, 0.15) is 11.6 Å². The maximum atomic E-state index is 14.3. The van der Waals surface area contributed by atoms with Gasteiger partial charge in [-0.3, -0.25) is 4.79 Å². The van der Waals surface area contributed by atoms with E-state index in [-0.39, 0.29) is 11.7 Å². The highest BCUT2D eigenvalue weighted by Gasteiger charge is 2.47. The number of methoxy groups -OCH3 is 4. The van der Waals surface area contributed by atoms with Gasteiger partial charge in [0, 0.05) is 12.1 Å². The average molecular weight is 387 g/mol. The molecule has 1 saturated heterocycles. The highest BCUT2D eigenvalue weighted by Crippen LogP contribution is 2.49. The van der Waals surface area contributed by atoms with E-state index in [0.717, 1.165) is 0 Å². The van der Waals surface area contributed by atoms with Gasteiger partial charge in [-0.05, 0) is 17.7 Å². The van der Waals surface area contributed by atoms with Gasteiger partial charge in [0.25, 0.3) is 0 Å². The van der Waals surface area contributed by atoms with E-state index in [1.807, 2.05) is 0 Å². The number of rotatable bonds is 7. The van der Waals surface area contributed by atoms with E-state index in [1.165, 1.54) is 34.5 Å². The van der Waals surface area contributed by atoms with Crippen LogP contribution in [0.2, 0.25) is 0 Å². The summed E-state index contributed by atoms with van der Waals surface area (Å²) in [6, 6.07) is 7.61. The van der Waals surface area contributed by atoms with E-state index in [9.17, 15) is 9.18 Å². The Morgan fingerprint density at radius 2 is 1.57 bits per heavy atom. The van der Waals surface area contributed by atoms with Crippen LogP contribution in [0.25, 0.3) is 0 Å².